The third-order valence-electron chi connectivity index (χ3n) is 2.93. The zero-order chi connectivity index (χ0) is 13.1. The Hall–Kier alpha value is -2.75. The molecule has 3 aromatic heterocycles. The smallest absolute Gasteiger partial charge is 0.0505 e. The Morgan fingerprint density at radius 2 is 1.21 bits per heavy atom. The standard InChI is InChI=1S/C15H12N4/c16-15-13(11-3-1-5-17-7-11)9-19-10-14(15)12-4-2-6-18-8-12/h1-10H,(H2,16,19). The minimum atomic E-state index is 0.691. The van der Waals surface area contributed by atoms with Gasteiger partial charge in [0.1, 0.15) is 0 Å². The van der Waals surface area contributed by atoms with E-state index in [1.54, 1.807) is 37.2 Å². The molecule has 19 heavy (non-hydrogen) atoms. The summed E-state index contributed by atoms with van der Waals surface area (Å²) in [4.78, 5) is 12.5. The first-order valence-corrected chi connectivity index (χ1v) is 5.90. The molecule has 0 radical (unpaired) electrons. The molecule has 0 atom stereocenters. The van der Waals surface area contributed by atoms with Crippen LogP contribution in [0.25, 0.3) is 22.3 Å². The van der Waals surface area contributed by atoms with E-state index in [1.165, 1.54) is 0 Å². The number of nitrogens with zero attached hydrogens (tertiary/aromatic N) is 3. The zero-order valence-electron chi connectivity index (χ0n) is 10.2. The minimum Gasteiger partial charge on any atom is -0.398 e. The Morgan fingerprint density at radius 3 is 1.63 bits per heavy atom. The molecular weight excluding hydrogens is 236 g/mol. The summed E-state index contributed by atoms with van der Waals surface area (Å²) in [5.41, 5.74) is 10.6. The SMILES string of the molecule is Nc1c(-c2cccnc2)cncc1-c1cccnc1. The molecular formula is C15H12N4. The summed E-state index contributed by atoms with van der Waals surface area (Å²) in [6, 6.07) is 7.69. The summed E-state index contributed by atoms with van der Waals surface area (Å²) in [6.07, 6.45) is 10.5. The fourth-order valence-corrected chi connectivity index (χ4v) is 1.97. The van der Waals surface area contributed by atoms with Crippen molar-refractivity contribution < 1.29 is 0 Å². The lowest BCUT2D eigenvalue weighted by molar-refractivity contribution is 1.29. The molecule has 0 unspecified atom stereocenters. The van der Waals surface area contributed by atoms with Crippen molar-refractivity contribution >= 4 is 5.69 Å². The van der Waals surface area contributed by atoms with Gasteiger partial charge in [0, 0.05) is 59.4 Å². The van der Waals surface area contributed by atoms with Gasteiger partial charge in [-0.15, -0.1) is 0 Å². The lowest BCUT2D eigenvalue weighted by atomic mass is 10.0. The first-order chi connectivity index (χ1) is 9.36. The van der Waals surface area contributed by atoms with E-state index in [2.05, 4.69) is 15.0 Å². The molecule has 0 saturated carbocycles. The van der Waals surface area contributed by atoms with Crippen molar-refractivity contribution in [2.75, 3.05) is 5.73 Å². The van der Waals surface area contributed by atoms with E-state index in [0.29, 0.717) is 5.69 Å². The Kier molecular flexibility index (Phi) is 2.90. The van der Waals surface area contributed by atoms with E-state index >= 15 is 0 Å². The van der Waals surface area contributed by atoms with Crippen LogP contribution in [0.5, 0.6) is 0 Å². The second-order valence-corrected chi connectivity index (χ2v) is 4.13. The molecule has 0 aliphatic carbocycles. The Labute approximate surface area is 111 Å². The van der Waals surface area contributed by atoms with E-state index in [4.69, 9.17) is 5.73 Å². The van der Waals surface area contributed by atoms with Gasteiger partial charge in [0.25, 0.3) is 0 Å². The van der Waals surface area contributed by atoms with Gasteiger partial charge in [-0.2, -0.15) is 0 Å². The Bertz CT molecular complexity index is 623. The molecule has 0 aromatic carbocycles. The normalized spacial score (nSPS) is 10.3. The first-order valence-electron chi connectivity index (χ1n) is 5.90. The summed E-state index contributed by atoms with van der Waals surface area (Å²) in [5, 5.41) is 0. The largest absolute Gasteiger partial charge is 0.398 e. The summed E-state index contributed by atoms with van der Waals surface area (Å²) in [6.45, 7) is 0. The van der Waals surface area contributed by atoms with Gasteiger partial charge in [0.05, 0.1) is 5.69 Å². The molecule has 0 aliphatic heterocycles. The first kappa shape index (κ1) is 11.3. The van der Waals surface area contributed by atoms with Crippen LogP contribution in [-0.4, -0.2) is 15.0 Å². The summed E-state index contributed by atoms with van der Waals surface area (Å²) in [5.74, 6) is 0. The van der Waals surface area contributed by atoms with E-state index in [0.717, 1.165) is 22.3 Å². The molecule has 0 fully saturated rings. The lowest BCUT2D eigenvalue weighted by Crippen LogP contribution is -1.96. The molecule has 3 aromatic rings. The van der Waals surface area contributed by atoms with Crippen LogP contribution in [0.3, 0.4) is 0 Å². The highest BCUT2D eigenvalue weighted by Gasteiger charge is 2.09. The second kappa shape index (κ2) is 4.86. The number of hydrogen-bond acceptors (Lipinski definition) is 4. The predicted octanol–water partition coefficient (Wildman–Crippen LogP) is 2.79. The molecule has 0 saturated heterocycles. The number of aromatic nitrogens is 3. The third-order valence-corrected chi connectivity index (χ3v) is 2.93. The van der Waals surface area contributed by atoms with Crippen LogP contribution in [0.1, 0.15) is 0 Å². The van der Waals surface area contributed by atoms with Crippen molar-refractivity contribution in [2.45, 2.75) is 0 Å². The number of anilines is 1. The monoisotopic (exact) mass is 248 g/mol. The highest BCUT2D eigenvalue weighted by Crippen LogP contribution is 2.32. The second-order valence-electron chi connectivity index (χ2n) is 4.13. The van der Waals surface area contributed by atoms with Crippen molar-refractivity contribution in [2.24, 2.45) is 0 Å². The van der Waals surface area contributed by atoms with E-state index in [-0.39, 0.29) is 0 Å². The molecule has 3 heterocycles. The van der Waals surface area contributed by atoms with Gasteiger partial charge in [0.2, 0.25) is 0 Å². The predicted molar refractivity (Wildman–Crippen MR) is 75.1 cm³/mol. The quantitative estimate of drug-likeness (QED) is 0.757. The molecule has 4 nitrogen and oxygen atoms in total. The number of rotatable bonds is 2. The van der Waals surface area contributed by atoms with Gasteiger partial charge in [-0.1, -0.05) is 12.1 Å². The lowest BCUT2D eigenvalue weighted by Gasteiger charge is -2.10. The Balaban J connectivity index is 2.15. The van der Waals surface area contributed by atoms with Gasteiger partial charge < -0.3 is 5.73 Å². The molecule has 3 rings (SSSR count). The molecule has 2 N–H and O–H groups in total. The van der Waals surface area contributed by atoms with Gasteiger partial charge >= 0.3 is 0 Å². The van der Waals surface area contributed by atoms with Crippen LogP contribution < -0.4 is 5.73 Å². The summed E-state index contributed by atoms with van der Waals surface area (Å²) < 4.78 is 0. The van der Waals surface area contributed by atoms with Crippen LogP contribution in [-0.2, 0) is 0 Å². The topological polar surface area (TPSA) is 64.7 Å². The summed E-state index contributed by atoms with van der Waals surface area (Å²) >= 11 is 0. The number of hydrogen-bond donors (Lipinski definition) is 1. The van der Waals surface area contributed by atoms with E-state index in [9.17, 15) is 0 Å². The van der Waals surface area contributed by atoms with Crippen LogP contribution >= 0.6 is 0 Å². The fraction of sp³-hybridized carbons (Fsp3) is 0. The number of pyridine rings is 3. The molecule has 0 amide bonds. The molecule has 0 spiro atoms. The molecule has 4 heteroatoms. The zero-order valence-corrected chi connectivity index (χ0v) is 10.2. The number of nitrogen functional groups attached to an aromatic ring is 1. The average molecular weight is 248 g/mol. The van der Waals surface area contributed by atoms with Crippen molar-refractivity contribution in [3.05, 3.63) is 61.4 Å². The van der Waals surface area contributed by atoms with Crippen LogP contribution in [0.2, 0.25) is 0 Å². The highest BCUT2D eigenvalue weighted by molar-refractivity contribution is 5.87. The summed E-state index contributed by atoms with van der Waals surface area (Å²) in [7, 11) is 0. The van der Waals surface area contributed by atoms with Gasteiger partial charge in [0.15, 0.2) is 0 Å². The Morgan fingerprint density at radius 1 is 0.684 bits per heavy atom. The maximum absolute atomic E-state index is 6.25. The maximum Gasteiger partial charge on any atom is 0.0505 e. The van der Waals surface area contributed by atoms with Gasteiger partial charge in [-0.05, 0) is 12.1 Å². The van der Waals surface area contributed by atoms with Gasteiger partial charge in [-0.25, -0.2) is 0 Å². The van der Waals surface area contributed by atoms with E-state index in [1.807, 2.05) is 24.3 Å². The van der Waals surface area contributed by atoms with Crippen molar-refractivity contribution in [1.29, 1.82) is 0 Å². The third kappa shape index (κ3) is 2.15. The van der Waals surface area contributed by atoms with Gasteiger partial charge in [-0.3, -0.25) is 15.0 Å². The van der Waals surface area contributed by atoms with Crippen molar-refractivity contribution in [3.63, 3.8) is 0 Å². The molecule has 0 bridgehead atoms. The van der Waals surface area contributed by atoms with Crippen molar-refractivity contribution in [3.8, 4) is 22.3 Å². The number of nitrogens with two attached hydrogens (primary N) is 1. The van der Waals surface area contributed by atoms with Crippen LogP contribution in [0, 0.1) is 0 Å². The fourth-order valence-electron chi connectivity index (χ4n) is 1.97. The molecule has 92 valence electrons. The van der Waals surface area contributed by atoms with E-state index < -0.39 is 0 Å². The highest BCUT2D eigenvalue weighted by atomic mass is 14.7. The van der Waals surface area contributed by atoms with Crippen molar-refractivity contribution in [1.82, 2.24) is 15.0 Å². The molecule has 0 aliphatic rings. The van der Waals surface area contributed by atoms with Crippen LogP contribution in [0.4, 0.5) is 5.69 Å². The average Bonchev–Trinajstić information content (AvgIpc) is 2.49. The minimum absolute atomic E-state index is 0.691. The maximum atomic E-state index is 6.25. The van der Waals surface area contributed by atoms with Crippen LogP contribution in [0.15, 0.2) is 61.4 Å².